The Morgan fingerprint density at radius 2 is 1.74 bits per heavy atom. The van der Waals surface area contributed by atoms with Gasteiger partial charge >= 0.3 is 0 Å². The van der Waals surface area contributed by atoms with Gasteiger partial charge in [0.2, 0.25) is 11.8 Å². The van der Waals surface area contributed by atoms with Gasteiger partial charge < -0.3 is 20.0 Å². The number of rotatable bonds is 8. The summed E-state index contributed by atoms with van der Waals surface area (Å²) in [5.41, 5.74) is 3.20. The molecule has 0 saturated carbocycles. The van der Waals surface area contributed by atoms with E-state index in [-0.39, 0.29) is 36.7 Å². The van der Waals surface area contributed by atoms with Gasteiger partial charge in [0, 0.05) is 43.2 Å². The summed E-state index contributed by atoms with van der Waals surface area (Å²) in [7, 11) is 0. The predicted octanol–water partition coefficient (Wildman–Crippen LogP) is 4.49. The standard InChI is InChI=1S/C28H32ClN5O3S/c1-19(2)34(27(37)21-10-8-20(3)9-11-21)17-25(35)31-28-30-22(18-38-28)16-26(36)33-14-12-32(13-15-33)24-7-5-4-6-23(24)29/h4-11,18-19H,12-17H2,1-3H3,(H,30,31,35). The molecule has 0 bridgehead atoms. The van der Waals surface area contributed by atoms with Gasteiger partial charge in [-0.1, -0.05) is 41.4 Å². The second-order valence-electron chi connectivity index (χ2n) is 9.58. The SMILES string of the molecule is Cc1ccc(C(=O)N(CC(=O)Nc2nc(CC(=O)N3CCN(c4ccccc4Cl)CC3)cs2)C(C)C)cc1. The molecule has 10 heteroatoms. The van der Waals surface area contributed by atoms with Crippen molar-refractivity contribution in [3.63, 3.8) is 0 Å². The average molecular weight is 554 g/mol. The number of piperazine rings is 1. The van der Waals surface area contributed by atoms with Gasteiger partial charge in [0.15, 0.2) is 5.13 Å². The monoisotopic (exact) mass is 553 g/mol. The second-order valence-corrected chi connectivity index (χ2v) is 10.8. The van der Waals surface area contributed by atoms with Gasteiger partial charge in [0.25, 0.3) is 5.91 Å². The maximum Gasteiger partial charge on any atom is 0.254 e. The molecule has 2 aromatic carbocycles. The highest BCUT2D eigenvalue weighted by Crippen LogP contribution is 2.26. The number of hydrogen-bond acceptors (Lipinski definition) is 6. The van der Waals surface area contributed by atoms with Crippen LogP contribution in [0.4, 0.5) is 10.8 Å². The van der Waals surface area contributed by atoms with E-state index in [1.807, 2.05) is 62.1 Å². The number of nitrogens with one attached hydrogen (secondary N) is 1. The summed E-state index contributed by atoms with van der Waals surface area (Å²) in [5, 5.41) is 5.68. The molecule has 1 aromatic heterocycles. The molecule has 4 rings (SSSR count). The first kappa shape index (κ1) is 27.6. The van der Waals surface area contributed by atoms with E-state index in [4.69, 9.17) is 11.6 Å². The Balaban J connectivity index is 1.28. The van der Waals surface area contributed by atoms with E-state index in [0.717, 1.165) is 11.3 Å². The Morgan fingerprint density at radius 3 is 2.39 bits per heavy atom. The smallest absolute Gasteiger partial charge is 0.254 e. The quantitative estimate of drug-likeness (QED) is 0.444. The van der Waals surface area contributed by atoms with Crippen molar-refractivity contribution in [1.82, 2.24) is 14.8 Å². The third kappa shape index (κ3) is 6.90. The number of nitrogens with zero attached hydrogens (tertiary/aromatic N) is 4. The second kappa shape index (κ2) is 12.4. The van der Waals surface area contributed by atoms with Gasteiger partial charge in [-0.3, -0.25) is 14.4 Å². The number of anilines is 2. The highest BCUT2D eigenvalue weighted by atomic mass is 35.5. The average Bonchev–Trinajstić information content (AvgIpc) is 3.34. The number of carbonyl (C=O) groups is 3. The van der Waals surface area contributed by atoms with Crippen LogP contribution >= 0.6 is 22.9 Å². The van der Waals surface area contributed by atoms with Crippen LogP contribution in [0.1, 0.15) is 35.5 Å². The van der Waals surface area contributed by atoms with Gasteiger partial charge in [-0.15, -0.1) is 11.3 Å². The first-order valence-corrected chi connectivity index (χ1v) is 13.9. The van der Waals surface area contributed by atoms with Gasteiger partial charge in [-0.05, 0) is 45.0 Å². The molecule has 3 aromatic rings. The Labute approximate surface area is 232 Å². The number of hydrogen-bond donors (Lipinski definition) is 1. The molecule has 0 unspecified atom stereocenters. The number of halogens is 1. The summed E-state index contributed by atoms with van der Waals surface area (Å²) >= 11 is 7.58. The summed E-state index contributed by atoms with van der Waals surface area (Å²) in [6.07, 6.45) is 0.169. The van der Waals surface area contributed by atoms with E-state index < -0.39 is 0 Å². The molecule has 0 spiro atoms. The number of para-hydroxylation sites is 1. The summed E-state index contributed by atoms with van der Waals surface area (Å²) in [5.74, 6) is -0.529. The Kier molecular flexibility index (Phi) is 9.01. The lowest BCUT2D eigenvalue weighted by Gasteiger charge is -2.36. The molecule has 1 aliphatic heterocycles. The van der Waals surface area contributed by atoms with Crippen LogP contribution in [0.2, 0.25) is 5.02 Å². The highest BCUT2D eigenvalue weighted by molar-refractivity contribution is 7.13. The first-order valence-electron chi connectivity index (χ1n) is 12.6. The molecular formula is C28H32ClN5O3S. The topological polar surface area (TPSA) is 85.8 Å². The largest absolute Gasteiger partial charge is 0.367 e. The number of thiazole rings is 1. The van der Waals surface area contributed by atoms with E-state index in [1.165, 1.54) is 16.2 Å². The molecule has 1 fully saturated rings. The fourth-order valence-corrected chi connectivity index (χ4v) is 5.26. The molecule has 38 heavy (non-hydrogen) atoms. The maximum absolute atomic E-state index is 13.0. The van der Waals surface area contributed by atoms with Crippen LogP contribution in [-0.2, 0) is 16.0 Å². The van der Waals surface area contributed by atoms with Crippen molar-refractivity contribution in [2.45, 2.75) is 33.2 Å². The minimum Gasteiger partial charge on any atom is -0.367 e. The summed E-state index contributed by atoms with van der Waals surface area (Å²) < 4.78 is 0. The zero-order chi connectivity index (χ0) is 27.2. The van der Waals surface area contributed by atoms with Crippen LogP contribution in [0.5, 0.6) is 0 Å². The van der Waals surface area contributed by atoms with E-state index in [0.29, 0.717) is 47.6 Å². The van der Waals surface area contributed by atoms with Crippen molar-refractivity contribution in [3.05, 3.63) is 75.8 Å². The number of carbonyl (C=O) groups excluding carboxylic acids is 3. The molecule has 3 amide bonds. The summed E-state index contributed by atoms with van der Waals surface area (Å²) in [4.78, 5) is 48.6. The number of amides is 3. The van der Waals surface area contributed by atoms with E-state index >= 15 is 0 Å². The van der Waals surface area contributed by atoms with Crippen molar-refractivity contribution in [2.24, 2.45) is 0 Å². The Bertz CT molecular complexity index is 1290. The number of aryl methyl sites for hydroxylation is 1. The van der Waals surface area contributed by atoms with Crippen LogP contribution in [0.15, 0.2) is 53.9 Å². The minimum absolute atomic E-state index is 0.00154. The molecular weight excluding hydrogens is 522 g/mol. The van der Waals surface area contributed by atoms with Crippen molar-refractivity contribution in [2.75, 3.05) is 42.9 Å². The van der Waals surface area contributed by atoms with Gasteiger partial charge in [0.05, 0.1) is 22.8 Å². The van der Waals surface area contributed by atoms with Crippen LogP contribution in [0.3, 0.4) is 0 Å². The maximum atomic E-state index is 13.0. The van der Waals surface area contributed by atoms with E-state index in [9.17, 15) is 14.4 Å². The zero-order valence-electron chi connectivity index (χ0n) is 21.8. The van der Waals surface area contributed by atoms with E-state index in [1.54, 1.807) is 17.5 Å². The summed E-state index contributed by atoms with van der Waals surface area (Å²) in [6, 6.07) is 14.9. The third-order valence-electron chi connectivity index (χ3n) is 6.45. The zero-order valence-corrected chi connectivity index (χ0v) is 23.4. The van der Waals surface area contributed by atoms with Gasteiger partial charge in [0.1, 0.15) is 6.54 Å². The van der Waals surface area contributed by atoms with Crippen LogP contribution in [0.25, 0.3) is 0 Å². The van der Waals surface area contributed by atoms with Crippen LogP contribution in [-0.4, -0.2) is 71.3 Å². The highest BCUT2D eigenvalue weighted by Gasteiger charge is 2.24. The summed E-state index contributed by atoms with van der Waals surface area (Å²) in [6.45, 7) is 8.26. The van der Waals surface area contributed by atoms with Crippen molar-refractivity contribution >= 4 is 51.5 Å². The van der Waals surface area contributed by atoms with Crippen molar-refractivity contribution in [1.29, 1.82) is 0 Å². The Hall–Kier alpha value is -3.43. The Morgan fingerprint density at radius 1 is 1.05 bits per heavy atom. The van der Waals surface area contributed by atoms with Crippen LogP contribution < -0.4 is 10.2 Å². The number of aromatic nitrogens is 1. The van der Waals surface area contributed by atoms with E-state index in [2.05, 4.69) is 15.2 Å². The molecule has 0 radical (unpaired) electrons. The molecule has 0 atom stereocenters. The van der Waals surface area contributed by atoms with Crippen molar-refractivity contribution < 1.29 is 14.4 Å². The fourth-order valence-electron chi connectivity index (χ4n) is 4.28. The molecule has 0 aliphatic carbocycles. The van der Waals surface area contributed by atoms with Gasteiger partial charge in [-0.25, -0.2) is 4.98 Å². The van der Waals surface area contributed by atoms with Gasteiger partial charge in [-0.2, -0.15) is 0 Å². The first-order chi connectivity index (χ1) is 18.2. The fraction of sp³-hybridized carbons (Fsp3) is 0.357. The lowest BCUT2D eigenvalue weighted by atomic mass is 10.1. The van der Waals surface area contributed by atoms with Crippen molar-refractivity contribution in [3.8, 4) is 0 Å². The molecule has 8 nitrogen and oxygen atoms in total. The molecule has 1 aliphatic rings. The molecule has 1 N–H and O–H groups in total. The molecule has 200 valence electrons. The lowest BCUT2D eigenvalue weighted by molar-refractivity contribution is -0.130. The lowest BCUT2D eigenvalue weighted by Crippen LogP contribution is -2.49. The predicted molar refractivity (Wildman–Crippen MR) is 152 cm³/mol. The number of benzene rings is 2. The third-order valence-corrected chi connectivity index (χ3v) is 7.58. The molecule has 2 heterocycles. The molecule has 1 saturated heterocycles. The normalized spacial score (nSPS) is 13.5. The van der Waals surface area contributed by atoms with Crippen LogP contribution in [0, 0.1) is 6.92 Å². The minimum atomic E-state index is -0.331.